The first kappa shape index (κ1) is 57.6. The molecule has 3 atom stereocenters. The molecule has 5 heterocycles. The van der Waals surface area contributed by atoms with E-state index in [4.69, 9.17) is 28.7 Å². The lowest BCUT2D eigenvalue weighted by molar-refractivity contribution is -0.142. The Bertz CT molecular complexity index is 3190. The van der Waals surface area contributed by atoms with Crippen LogP contribution in [0.4, 0.5) is 17.3 Å². The third-order valence-electron chi connectivity index (χ3n) is 15.8. The predicted octanol–water partition coefficient (Wildman–Crippen LogP) is 5.37. The first-order valence-electron chi connectivity index (χ1n) is 28.0. The highest BCUT2D eigenvalue weighted by molar-refractivity contribution is 6.16. The molecule has 2 saturated heterocycles. The van der Waals surface area contributed by atoms with Crippen LogP contribution in [0.15, 0.2) is 66.9 Å². The second-order valence-electron chi connectivity index (χ2n) is 20.9. The zero-order valence-corrected chi connectivity index (χ0v) is 47.4. The first-order chi connectivity index (χ1) is 39.3. The molecular weight excluding hydrogens is 1040 g/mol. The molecule has 2 aliphatic heterocycles. The minimum atomic E-state index is -0.607. The maximum absolute atomic E-state index is 14.6. The second-order valence-corrected chi connectivity index (χ2v) is 20.9. The third-order valence-corrected chi connectivity index (χ3v) is 15.8. The van der Waals surface area contributed by atoms with Gasteiger partial charge in [-0.15, -0.1) is 5.10 Å². The van der Waals surface area contributed by atoms with Gasteiger partial charge in [-0.25, -0.2) is 4.98 Å². The summed E-state index contributed by atoms with van der Waals surface area (Å²) in [6, 6.07) is 17.8. The highest BCUT2D eigenvalue weighted by Crippen LogP contribution is 2.33. The standard InChI is InChI=1S/C58H75N13O10/c1-8-37(2)54(73)62-51(39-12-10-9-11-13-39)56(75)70-28-27-69(35-38(70)3)57(76)52-50(44-20-19-43(77-5)33-46(44)66(52)4)55(74)59-22-29-80-30-31-81-36-49(72)68-25-23-67(24-26-68)41-16-14-40(15-17-41)61-58-60-34-45-53(63-58)71(65-64-45)42-18-21-47(78-6)48(32-42)79-7/h14-21,32-34,37-39,51H,8-13,22-31,35-36H2,1-7H3,(H,59,74)(H,62,73)(H,60,61,63)/t37-,38-,51+/m1/s1. The summed E-state index contributed by atoms with van der Waals surface area (Å²) < 4.78 is 31.2. The minimum absolute atomic E-state index is 0.0694. The van der Waals surface area contributed by atoms with E-state index < -0.39 is 11.9 Å². The Balaban J connectivity index is 0.711. The van der Waals surface area contributed by atoms with E-state index in [0.717, 1.165) is 43.5 Å². The monoisotopic (exact) mass is 1110 g/mol. The van der Waals surface area contributed by atoms with Gasteiger partial charge in [0.25, 0.3) is 11.8 Å². The smallest absolute Gasteiger partial charge is 0.271 e. The van der Waals surface area contributed by atoms with Crippen molar-refractivity contribution in [3.05, 3.63) is 78.1 Å². The summed E-state index contributed by atoms with van der Waals surface area (Å²) >= 11 is 0. The van der Waals surface area contributed by atoms with Crippen LogP contribution in [0.2, 0.25) is 0 Å². The number of hydrogen-bond acceptors (Lipinski definition) is 16. The fourth-order valence-corrected chi connectivity index (χ4v) is 11.0. The Morgan fingerprint density at radius 1 is 0.790 bits per heavy atom. The van der Waals surface area contributed by atoms with Crippen LogP contribution < -0.4 is 35.1 Å². The van der Waals surface area contributed by atoms with Crippen molar-refractivity contribution in [2.24, 2.45) is 18.9 Å². The van der Waals surface area contributed by atoms with Gasteiger partial charge in [-0.1, -0.05) is 38.3 Å². The molecule has 23 heteroatoms. The number of rotatable bonds is 22. The number of piperazine rings is 2. The molecule has 81 heavy (non-hydrogen) atoms. The number of ether oxygens (including phenoxy) is 5. The maximum atomic E-state index is 14.6. The lowest BCUT2D eigenvalue weighted by atomic mass is 9.82. The Morgan fingerprint density at radius 2 is 1.52 bits per heavy atom. The highest BCUT2D eigenvalue weighted by atomic mass is 16.5. The zero-order valence-electron chi connectivity index (χ0n) is 47.4. The van der Waals surface area contributed by atoms with E-state index in [0.29, 0.717) is 90.1 Å². The van der Waals surface area contributed by atoms with Crippen molar-refractivity contribution in [3.63, 3.8) is 0 Å². The van der Waals surface area contributed by atoms with Crippen molar-refractivity contribution < 1.29 is 47.7 Å². The summed E-state index contributed by atoms with van der Waals surface area (Å²) in [6.07, 6.45) is 7.26. The van der Waals surface area contributed by atoms with Gasteiger partial charge in [0.2, 0.25) is 23.7 Å². The molecule has 0 unspecified atom stereocenters. The lowest BCUT2D eigenvalue weighted by Gasteiger charge is -2.43. The van der Waals surface area contributed by atoms with Crippen LogP contribution in [-0.2, 0) is 30.9 Å². The van der Waals surface area contributed by atoms with Gasteiger partial charge in [-0.05, 0) is 80.6 Å². The summed E-state index contributed by atoms with van der Waals surface area (Å²) in [7, 11) is 6.47. The molecule has 6 aromatic rings. The molecule has 1 saturated carbocycles. The highest BCUT2D eigenvalue weighted by Gasteiger charge is 2.40. The molecular formula is C58H75N13O10. The summed E-state index contributed by atoms with van der Waals surface area (Å²) in [5, 5.41) is 18.4. The molecule has 3 aromatic heterocycles. The van der Waals surface area contributed by atoms with Crippen molar-refractivity contribution >= 4 is 68.9 Å². The van der Waals surface area contributed by atoms with Gasteiger partial charge in [-0.2, -0.15) is 9.67 Å². The van der Waals surface area contributed by atoms with Crippen LogP contribution in [0.5, 0.6) is 17.2 Å². The fourth-order valence-electron chi connectivity index (χ4n) is 11.0. The number of aromatic nitrogens is 6. The average molecular weight is 1110 g/mol. The van der Waals surface area contributed by atoms with Gasteiger partial charge < -0.3 is 63.8 Å². The van der Waals surface area contributed by atoms with Crippen LogP contribution in [0.3, 0.4) is 0 Å². The van der Waals surface area contributed by atoms with Crippen molar-refractivity contribution in [3.8, 4) is 22.9 Å². The number of nitrogens with zero attached hydrogens (tertiary/aromatic N) is 10. The van der Waals surface area contributed by atoms with E-state index in [2.05, 4.69) is 36.1 Å². The van der Waals surface area contributed by atoms with Crippen molar-refractivity contribution in [2.45, 2.75) is 71.4 Å². The zero-order chi connectivity index (χ0) is 57.2. The Hall–Kier alpha value is -8.05. The minimum Gasteiger partial charge on any atom is -0.497 e. The number of fused-ring (bicyclic) bond motifs is 2. The van der Waals surface area contributed by atoms with Gasteiger partial charge in [0.05, 0.1) is 64.1 Å². The van der Waals surface area contributed by atoms with E-state index in [1.165, 1.54) is 0 Å². The van der Waals surface area contributed by atoms with Gasteiger partial charge in [-0.3, -0.25) is 24.0 Å². The number of hydrogen-bond donors (Lipinski definition) is 3. The molecule has 432 valence electrons. The van der Waals surface area contributed by atoms with E-state index in [-0.39, 0.29) is 98.8 Å². The molecule has 3 aromatic carbocycles. The number of aryl methyl sites for hydroxylation is 1. The topological polar surface area (TPSA) is 242 Å². The van der Waals surface area contributed by atoms with Gasteiger partial charge in [0, 0.05) is 100 Å². The Morgan fingerprint density at radius 3 is 2.23 bits per heavy atom. The van der Waals surface area contributed by atoms with Crippen LogP contribution >= 0.6 is 0 Å². The van der Waals surface area contributed by atoms with Crippen molar-refractivity contribution in [1.29, 1.82) is 0 Å². The van der Waals surface area contributed by atoms with Gasteiger partial charge in [0.15, 0.2) is 22.7 Å². The number of amides is 5. The second kappa shape index (κ2) is 26.5. The maximum Gasteiger partial charge on any atom is 0.271 e. The molecule has 0 spiro atoms. The molecule has 23 nitrogen and oxygen atoms in total. The van der Waals surface area contributed by atoms with Crippen LogP contribution in [0, 0.1) is 11.8 Å². The molecule has 9 rings (SSSR count). The normalized spacial score (nSPS) is 16.8. The molecule has 0 radical (unpaired) electrons. The SMILES string of the molecule is CC[C@@H](C)C(=O)N[C@H](C(=O)N1CCN(C(=O)c2c(C(=O)NCCOCCOCC(=O)N3CCN(c4ccc(Nc5ncc6nnn(-c7ccc(OC)c(OC)c7)c6n5)cc4)CC3)c3ccc(OC)cc3n2C)C[C@H]1C)C1CCCCC1. The Labute approximate surface area is 471 Å². The van der Waals surface area contributed by atoms with Gasteiger partial charge in [0.1, 0.15) is 24.1 Å². The van der Waals surface area contributed by atoms with E-state index in [9.17, 15) is 24.0 Å². The predicted molar refractivity (Wildman–Crippen MR) is 305 cm³/mol. The number of benzene rings is 3. The summed E-state index contributed by atoms with van der Waals surface area (Å²) in [5.74, 6) is 0.915. The Kier molecular flexibility index (Phi) is 18.8. The molecule has 3 N–H and O–H groups in total. The average Bonchev–Trinajstić information content (AvgIpc) is 4.13. The number of anilines is 3. The summed E-state index contributed by atoms with van der Waals surface area (Å²) in [6.45, 7) is 9.65. The molecule has 5 amide bonds. The van der Waals surface area contributed by atoms with E-state index >= 15 is 0 Å². The van der Waals surface area contributed by atoms with E-state index in [1.807, 2.05) is 56.0 Å². The molecule has 3 aliphatic rings. The molecule has 0 bridgehead atoms. The lowest BCUT2D eigenvalue weighted by Crippen LogP contribution is -2.61. The van der Waals surface area contributed by atoms with Crippen molar-refractivity contribution in [2.75, 3.05) is 110 Å². The molecule has 1 aliphatic carbocycles. The number of nitrogens with one attached hydrogen (secondary N) is 3. The summed E-state index contributed by atoms with van der Waals surface area (Å²) in [5.41, 5.74) is 4.70. The van der Waals surface area contributed by atoms with Gasteiger partial charge >= 0.3 is 0 Å². The number of methoxy groups -OCH3 is 3. The first-order valence-corrected chi connectivity index (χ1v) is 28.0. The number of carbonyl (C=O) groups excluding carboxylic acids is 5. The van der Waals surface area contributed by atoms with E-state index in [1.54, 1.807) is 84.0 Å². The number of carbonyl (C=O) groups is 5. The van der Waals surface area contributed by atoms with Crippen LogP contribution in [0.1, 0.15) is 80.1 Å². The molecule has 3 fully saturated rings. The van der Waals surface area contributed by atoms with Crippen LogP contribution in [0.25, 0.3) is 27.8 Å². The quantitative estimate of drug-likeness (QED) is 0.0724. The largest absolute Gasteiger partial charge is 0.497 e. The summed E-state index contributed by atoms with van der Waals surface area (Å²) in [4.78, 5) is 85.9. The fraction of sp³-hybridized carbons (Fsp3) is 0.500. The third kappa shape index (κ3) is 13.1. The van der Waals surface area contributed by atoms with Crippen LogP contribution in [-0.4, -0.2) is 186 Å². The van der Waals surface area contributed by atoms with Crippen molar-refractivity contribution in [1.82, 2.24) is 54.9 Å².